The van der Waals surface area contributed by atoms with Gasteiger partial charge in [-0.2, -0.15) is 0 Å². The molecule has 0 aromatic carbocycles. The van der Waals surface area contributed by atoms with Crippen molar-refractivity contribution in [3.63, 3.8) is 0 Å². The molecule has 106 valence electrons. The van der Waals surface area contributed by atoms with Crippen molar-refractivity contribution in [3.05, 3.63) is 16.5 Å². The number of hydrogen-bond donors (Lipinski definition) is 2. The van der Waals surface area contributed by atoms with Gasteiger partial charge in [-0.1, -0.05) is 0 Å². The Morgan fingerprint density at radius 2 is 2.37 bits per heavy atom. The predicted molar refractivity (Wildman–Crippen MR) is 70.2 cm³/mol. The molecule has 1 unspecified atom stereocenters. The fraction of sp³-hybridized carbons (Fsp3) is 0.545. The van der Waals surface area contributed by atoms with Gasteiger partial charge in [0.2, 0.25) is 10.0 Å². The Bertz CT molecular complexity index is 572. The molecule has 1 fully saturated rings. The second-order valence-electron chi connectivity index (χ2n) is 4.37. The van der Waals surface area contributed by atoms with Crippen molar-refractivity contribution in [2.24, 2.45) is 0 Å². The van der Waals surface area contributed by atoms with E-state index in [4.69, 9.17) is 9.84 Å². The van der Waals surface area contributed by atoms with E-state index in [1.165, 1.54) is 6.07 Å². The maximum atomic E-state index is 12.0. The van der Waals surface area contributed by atoms with Gasteiger partial charge in [0.1, 0.15) is 9.09 Å². The van der Waals surface area contributed by atoms with Crippen LogP contribution in [0.25, 0.3) is 0 Å². The zero-order chi connectivity index (χ0) is 14.0. The van der Waals surface area contributed by atoms with Crippen molar-refractivity contribution in [2.45, 2.75) is 30.1 Å². The first-order valence-corrected chi connectivity index (χ1v) is 8.15. The highest BCUT2D eigenvalue weighted by Crippen LogP contribution is 2.26. The SMILES string of the molecule is Cc1cc(S(=O)(=O)NCC2CCCO2)sc1C(=O)O. The number of nitrogens with one attached hydrogen (secondary N) is 1. The van der Waals surface area contributed by atoms with Crippen LogP contribution in [0.4, 0.5) is 0 Å². The summed E-state index contributed by atoms with van der Waals surface area (Å²) in [6.45, 7) is 2.47. The van der Waals surface area contributed by atoms with Gasteiger partial charge in [-0.05, 0) is 31.4 Å². The van der Waals surface area contributed by atoms with Gasteiger partial charge < -0.3 is 9.84 Å². The molecule has 6 nitrogen and oxygen atoms in total. The molecule has 0 aliphatic carbocycles. The molecule has 0 saturated carbocycles. The quantitative estimate of drug-likeness (QED) is 0.853. The average Bonchev–Trinajstić information content (AvgIpc) is 2.95. The lowest BCUT2D eigenvalue weighted by Gasteiger charge is -2.10. The zero-order valence-electron chi connectivity index (χ0n) is 10.4. The van der Waals surface area contributed by atoms with Gasteiger partial charge in [0.25, 0.3) is 0 Å². The highest BCUT2D eigenvalue weighted by Gasteiger charge is 2.24. The van der Waals surface area contributed by atoms with Crippen molar-refractivity contribution < 1.29 is 23.1 Å². The number of hydrogen-bond acceptors (Lipinski definition) is 5. The molecular formula is C11H15NO5S2. The Balaban J connectivity index is 2.10. The third kappa shape index (κ3) is 3.33. The van der Waals surface area contributed by atoms with Crippen LogP contribution in [0.3, 0.4) is 0 Å². The van der Waals surface area contributed by atoms with Crippen molar-refractivity contribution in [2.75, 3.05) is 13.2 Å². The molecule has 2 heterocycles. The summed E-state index contributed by atoms with van der Waals surface area (Å²) in [6, 6.07) is 1.38. The van der Waals surface area contributed by atoms with E-state index in [-0.39, 0.29) is 21.7 Å². The smallest absolute Gasteiger partial charge is 0.346 e. The average molecular weight is 305 g/mol. The van der Waals surface area contributed by atoms with Gasteiger partial charge in [0.05, 0.1) is 6.10 Å². The van der Waals surface area contributed by atoms with E-state index in [0.717, 1.165) is 24.2 Å². The van der Waals surface area contributed by atoms with E-state index in [1.807, 2.05) is 0 Å². The predicted octanol–water partition coefficient (Wildman–Crippen LogP) is 1.21. The molecule has 8 heteroatoms. The number of carbonyl (C=O) groups is 1. The number of carboxylic acids is 1. The summed E-state index contributed by atoms with van der Waals surface area (Å²) in [6.07, 6.45) is 1.69. The Kier molecular flexibility index (Phi) is 4.24. The highest BCUT2D eigenvalue weighted by atomic mass is 32.2. The molecule has 1 atom stereocenters. The summed E-state index contributed by atoms with van der Waals surface area (Å²) in [4.78, 5) is 11.0. The first-order chi connectivity index (χ1) is 8.90. The van der Waals surface area contributed by atoms with Crippen LogP contribution in [-0.4, -0.2) is 38.7 Å². The molecule has 2 rings (SSSR count). The van der Waals surface area contributed by atoms with Crippen LogP contribution >= 0.6 is 11.3 Å². The van der Waals surface area contributed by atoms with E-state index >= 15 is 0 Å². The number of sulfonamides is 1. The molecule has 1 saturated heterocycles. The molecule has 1 aromatic rings. The summed E-state index contributed by atoms with van der Waals surface area (Å²) in [5.74, 6) is -1.11. The van der Waals surface area contributed by atoms with Crippen LogP contribution in [-0.2, 0) is 14.8 Å². The summed E-state index contributed by atoms with van der Waals surface area (Å²) in [5.41, 5.74) is 0.454. The van der Waals surface area contributed by atoms with E-state index < -0.39 is 16.0 Å². The molecule has 0 amide bonds. The number of carboxylic acid groups (broad SMARTS) is 1. The van der Waals surface area contributed by atoms with E-state index in [9.17, 15) is 13.2 Å². The number of rotatable bonds is 5. The second-order valence-corrected chi connectivity index (χ2v) is 7.42. The number of aryl methyl sites for hydroxylation is 1. The largest absolute Gasteiger partial charge is 0.477 e. The summed E-state index contributed by atoms with van der Waals surface area (Å²) < 4.78 is 31.9. The van der Waals surface area contributed by atoms with Crippen LogP contribution < -0.4 is 4.72 Å². The van der Waals surface area contributed by atoms with Crippen LogP contribution in [0, 0.1) is 6.92 Å². The third-order valence-corrected chi connectivity index (χ3v) is 6.00. The molecule has 1 aliphatic rings. The van der Waals surface area contributed by atoms with Gasteiger partial charge >= 0.3 is 5.97 Å². The Morgan fingerprint density at radius 3 is 2.89 bits per heavy atom. The van der Waals surface area contributed by atoms with Gasteiger partial charge in [0, 0.05) is 13.2 Å². The topological polar surface area (TPSA) is 92.7 Å². The van der Waals surface area contributed by atoms with E-state index in [0.29, 0.717) is 12.2 Å². The lowest BCUT2D eigenvalue weighted by molar-refractivity contribution is 0.0701. The molecule has 19 heavy (non-hydrogen) atoms. The van der Waals surface area contributed by atoms with E-state index in [2.05, 4.69) is 4.72 Å². The lowest BCUT2D eigenvalue weighted by Crippen LogP contribution is -2.31. The fourth-order valence-corrected chi connectivity index (χ4v) is 4.37. The molecule has 2 N–H and O–H groups in total. The molecular weight excluding hydrogens is 290 g/mol. The minimum atomic E-state index is -3.66. The van der Waals surface area contributed by atoms with Crippen LogP contribution in [0.15, 0.2) is 10.3 Å². The van der Waals surface area contributed by atoms with Gasteiger partial charge in [-0.25, -0.2) is 17.9 Å². The second kappa shape index (κ2) is 5.58. The number of aromatic carboxylic acids is 1. The molecule has 0 radical (unpaired) electrons. The lowest BCUT2D eigenvalue weighted by atomic mass is 10.2. The maximum absolute atomic E-state index is 12.0. The monoisotopic (exact) mass is 305 g/mol. The molecule has 0 bridgehead atoms. The Labute approximate surface area is 115 Å². The third-order valence-electron chi connectivity index (χ3n) is 2.88. The standard InChI is InChI=1S/C11H15NO5S2/c1-7-5-9(18-10(7)11(13)14)19(15,16)12-6-8-3-2-4-17-8/h5,8,12H,2-4,6H2,1H3,(H,13,14). The van der Waals surface area contributed by atoms with Crippen molar-refractivity contribution >= 4 is 27.3 Å². The van der Waals surface area contributed by atoms with Gasteiger partial charge in [0.15, 0.2) is 0 Å². The summed E-state index contributed by atoms with van der Waals surface area (Å²) in [5, 5.41) is 8.92. The molecule has 1 aliphatic heterocycles. The van der Waals surface area contributed by atoms with E-state index in [1.54, 1.807) is 6.92 Å². The van der Waals surface area contributed by atoms with Crippen molar-refractivity contribution in [1.82, 2.24) is 4.72 Å². The fourth-order valence-electron chi connectivity index (χ4n) is 1.88. The normalized spacial score (nSPS) is 19.7. The van der Waals surface area contributed by atoms with Crippen LogP contribution in [0.1, 0.15) is 28.1 Å². The number of ether oxygens (including phenoxy) is 1. The summed E-state index contributed by atoms with van der Waals surface area (Å²) >= 11 is 0.766. The first-order valence-electron chi connectivity index (χ1n) is 5.85. The van der Waals surface area contributed by atoms with Crippen molar-refractivity contribution in [3.8, 4) is 0 Å². The minimum absolute atomic E-state index is 0.0281. The van der Waals surface area contributed by atoms with Crippen molar-refractivity contribution in [1.29, 1.82) is 0 Å². The molecule has 0 spiro atoms. The summed E-state index contributed by atoms with van der Waals surface area (Å²) in [7, 11) is -3.66. The minimum Gasteiger partial charge on any atom is -0.477 e. The highest BCUT2D eigenvalue weighted by molar-refractivity contribution is 7.91. The molecule has 1 aromatic heterocycles. The van der Waals surface area contributed by atoms with Gasteiger partial charge in [-0.3, -0.25) is 0 Å². The van der Waals surface area contributed by atoms with Crippen LogP contribution in [0.2, 0.25) is 0 Å². The first kappa shape index (κ1) is 14.4. The Hall–Kier alpha value is -0.960. The van der Waals surface area contributed by atoms with Crippen LogP contribution in [0.5, 0.6) is 0 Å². The van der Waals surface area contributed by atoms with Gasteiger partial charge in [-0.15, -0.1) is 11.3 Å². The maximum Gasteiger partial charge on any atom is 0.346 e. The Morgan fingerprint density at radius 1 is 1.63 bits per heavy atom. The number of thiophene rings is 1. The zero-order valence-corrected chi connectivity index (χ0v) is 12.0.